The van der Waals surface area contributed by atoms with Crippen molar-refractivity contribution >= 4 is 33.4 Å². The molecule has 0 radical (unpaired) electrons. The van der Waals surface area contributed by atoms with Gasteiger partial charge in [0, 0.05) is 17.4 Å². The maximum atomic E-state index is 11.7. The second kappa shape index (κ2) is 6.71. The summed E-state index contributed by atoms with van der Waals surface area (Å²) in [6.07, 6.45) is 0.640. The number of benzene rings is 1. The summed E-state index contributed by atoms with van der Waals surface area (Å²) in [5, 5.41) is 6.79. The Morgan fingerprint density at radius 3 is 2.95 bits per heavy atom. The summed E-state index contributed by atoms with van der Waals surface area (Å²) in [7, 11) is 0. The normalized spacial score (nSPS) is 10.5. The number of nitrogens with zero attached hydrogens (tertiary/aromatic N) is 1. The van der Waals surface area contributed by atoms with E-state index in [4.69, 9.17) is 11.6 Å². The molecule has 1 aromatic heterocycles. The fourth-order valence-electron chi connectivity index (χ4n) is 1.59. The Labute approximate surface area is 127 Å². The molecule has 1 heterocycles. The molecular formula is C12H11BrClN3O3. The first-order chi connectivity index (χ1) is 9.54. The Kier molecular flexibility index (Phi) is 4.97. The van der Waals surface area contributed by atoms with Crippen molar-refractivity contribution in [2.24, 2.45) is 0 Å². The Balaban J connectivity index is 1.80. The van der Waals surface area contributed by atoms with Crippen LogP contribution in [0.15, 0.2) is 32.0 Å². The molecule has 2 N–H and O–H groups in total. The van der Waals surface area contributed by atoms with Crippen molar-refractivity contribution in [3.8, 4) is 0 Å². The zero-order chi connectivity index (χ0) is 14.5. The number of hydrogen-bond donors (Lipinski definition) is 2. The van der Waals surface area contributed by atoms with Crippen molar-refractivity contribution in [2.75, 3.05) is 6.54 Å². The topological polar surface area (TPSA) is 88.0 Å². The second-order valence-corrected chi connectivity index (χ2v) is 5.33. The average molecular weight is 361 g/mol. The largest absolute Gasteiger partial charge is 0.438 e. The molecule has 0 atom stereocenters. The summed E-state index contributed by atoms with van der Waals surface area (Å²) >= 11 is 9.24. The first-order valence-electron chi connectivity index (χ1n) is 5.80. The molecule has 0 aliphatic carbocycles. The fraction of sp³-hybridized carbons (Fsp3) is 0.250. The Morgan fingerprint density at radius 1 is 1.50 bits per heavy atom. The van der Waals surface area contributed by atoms with E-state index in [1.54, 1.807) is 12.1 Å². The van der Waals surface area contributed by atoms with E-state index in [9.17, 15) is 9.59 Å². The van der Waals surface area contributed by atoms with Gasteiger partial charge in [0.1, 0.15) is 0 Å². The van der Waals surface area contributed by atoms with Gasteiger partial charge in [0.25, 0.3) is 0 Å². The molecule has 8 heteroatoms. The van der Waals surface area contributed by atoms with Crippen LogP contribution in [0.4, 0.5) is 0 Å². The third-order valence-corrected chi connectivity index (χ3v) is 3.75. The summed E-state index contributed by atoms with van der Waals surface area (Å²) in [6.45, 7) is 0.367. The highest BCUT2D eigenvalue weighted by Gasteiger charge is 2.06. The molecule has 0 saturated carbocycles. The van der Waals surface area contributed by atoms with Crippen LogP contribution in [0.25, 0.3) is 0 Å². The van der Waals surface area contributed by atoms with E-state index in [1.165, 1.54) is 0 Å². The van der Waals surface area contributed by atoms with E-state index >= 15 is 0 Å². The average Bonchev–Trinajstić information content (AvgIpc) is 2.80. The van der Waals surface area contributed by atoms with Crippen LogP contribution < -0.4 is 11.1 Å². The third kappa shape index (κ3) is 4.21. The van der Waals surface area contributed by atoms with Crippen molar-refractivity contribution in [2.45, 2.75) is 12.8 Å². The first kappa shape index (κ1) is 14.8. The van der Waals surface area contributed by atoms with E-state index in [1.807, 2.05) is 6.07 Å². The number of amides is 1. The number of rotatable bonds is 5. The van der Waals surface area contributed by atoms with Gasteiger partial charge in [-0.25, -0.2) is 4.79 Å². The summed E-state index contributed by atoms with van der Waals surface area (Å²) < 4.78 is 5.14. The van der Waals surface area contributed by atoms with Crippen LogP contribution in [0.3, 0.4) is 0 Å². The number of aromatic amines is 1. The lowest BCUT2D eigenvalue weighted by Crippen LogP contribution is -2.27. The van der Waals surface area contributed by atoms with Crippen LogP contribution in [0.1, 0.15) is 11.4 Å². The number of carbonyl (C=O) groups excluding carboxylic acids is 1. The minimum Gasteiger partial charge on any atom is -0.355 e. The van der Waals surface area contributed by atoms with E-state index in [0.717, 1.165) is 10.0 Å². The highest BCUT2D eigenvalue weighted by molar-refractivity contribution is 9.10. The highest BCUT2D eigenvalue weighted by Crippen LogP contribution is 2.23. The van der Waals surface area contributed by atoms with Gasteiger partial charge in [-0.2, -0.15) is 0 Å². The standard InChI is InChI=1S/C12H11BrClN3O3/c13-8-2-1-7(5-9(8)14)6-11(18)15-4-3-10-16-12(19)20-17-10/h1-2,5H,3-4,6H2,(H,15,18)(H,16,17,19). The third-order valence-electron chi connectivity index (χ3n) is 2.52. The summed E-state index contributed by atoms with van der Waals surface area (Å²) in [5.41, 5.74) is 0.825. The Hall–Kier alpha value is -1.60. The second-order valence-electron chi connectivity index (χ2n) is 4.07. The lowest BCUT2D eigenvalue weighted by molar-refractivity contribution is -0.120. The number of halogens is 2. The number of aromatic nitrogens is 2. The SMILES string of the molecule is O=C(Cc1ccc(Br)c(Cl)c1)NCCc1noc(=O)[nH]1. The van der Waals surface area contributed by atoms with Crippen molar-refractivity contribution < 1.29 is 9.32 Å². The zero-order valence-electron chi connectivity index (χ0n) is 10.3. The van der Waals surface area contributed by atoms with Gasteiger partial charge in [-0.1, -0.05) is 22.8 Å². The molecule has 0 bridgehead atoms. The van der Waals surface area contributed by atoms with Crippen LogP contribution in [-0.4, -0.2) is 22.6 Å². The van der Waals surface area contributed by atoms with Gasteiger partial charge in [-0.3, -0.25) is 14.3 Å². The quantitative estimate of drug-likeness (QED) is 0.849. The van der Waals surface area contributed by atoms with Gasteiger partial charge < -0.3 is 5.32 Å². The van der Waals surface area contributed by atoms with Gasteiger partial charge in [0.2, 0.25) is 5.91 Å². The minimum absolute atomic E-state index is 0.130. The molecule has 0 aliphatic rings. The van der Waals surface area contributed by atoms with Crippen LogP contribution in [0.2, 0.25) is 5.02 Å². The van der Waals surface area contributed by atoms with Gasteiger partial charge in [-0.15, -0.1) is 0 Å². The Morgan fingerprint density at radius 2 is 2.30 bits per heavy atom. The molecule has 0 unspecified atom stereocenters. The monoisotopic (exact) mass is 359 g/mol. The number of nitrogens with one attached hydrogen (secondary N) is 2. The zero-order valence-corrected chi connectivity index (χ0v) is 12.6. The van der Waals surface area contributed by atoms with Crippen LogP contribution in [0.5, 0.6) is 0 Å². The van der Waals surface area contributed by atoms with Crippen LogP contribution in [0, 0.1) is 0 Å². The van der Waals surface area contributed by atoms with Crippen molar-refractivity contribution in [1.82, 2.24) is 15.5 Å². The molecule has 1 amide bonds. The van der Waals surface area contributed by atoms with Crippen LogP contribution in [-0.2, 0) is 17.6 Å². The molecule has 20 heavy (non-hydrogen) atoms. The van der Waals surface area contributed by atoms with Gasteiger partial charge in [0.15, 0.2) is 5.82 Å². The molecule has 106 valence electrons. The molecule has 1 aromatic carbocycles. The summed E-state index contributed by atoms with van der Waals surface area (Å²) in [4.78, 5) is 24.8. The maximum absolute atomic E-state index is 11.7. The Bertz CT molecular complexity index is 668. The predicted octanol–water partition coefficient (Wildman–Crippen LogP) is 1.68. The molecular weight excluding hydrogens is 350 g/mol. The fourth-order valence-corrected chi connectivity index (χ4v) is 2.04. The lowest BCUT2D eigenvalue weighted by atomic mass is 10.1. The first-order valence-corrected chi connectivity index (χ1v) is 6.97. The van der Waals surface area contributed by atoms with E-state index in [-0.39, 0.29) is 12.3 Å². The van der Waals surface area contributed by atoms with Crippen molar-refractivity contribution in [1.29, 1.82) is 0 Å². The molecule has 0 fully saturated rings. The number of hydrogen-bond acceptors (Lipinski definition) is 4. The summed E-state index contributed by atoms with van der Waals surface area (Å²) in [5.74, 6) is -0.327. The molecule has 0 aliphatic heterocycles. The van der Waals surface area contributed by atoms with E-state index < -0.39 is 5.76 Å². The van der Waals surface area contributed by atoms with Gasteiger partial charge >= 0.3 is 5.76 Å². The van der Waals surface area contributed by atoms with Gasteiger partial charge in [-0.05, 0) is 33.6 Å². The van der Waals surface area contributed by atoms with Crippen LogP contribution >= 0.6 is 27.5 Å². The van der Waals surface area contributed by atoms with E-state index in [2.05, 4.69) is 35.9 Å². The number of carbonyl (C=O) groups is 1. The maximum Gasteiger partial charge on any atom is 0.438 e. The molecule has 0 saturated heterocycles. The smallest absolute Gasteiger partial charge is 0.355 e. The molecule has 2 aromatic rings. The highest BCUT2D eigenvalue weighted by atomic mass is 79.9. The van der Waals surface area contributed by atoms with E-state index in [0.29, 0.717) is 23.8 Å². The minimum atomic E-state index is -0.601. The predicted molar refractivity (Wildman–Crippen MR) is 76.7 cm³/mol. The molecule has 2 rings (SSSR count). The number of H-pyrrole nitrogens is 1. The lowest BCUT2D eigenvalue weighted by Gasteiger charge is -2.05. The summed E-state index contributed by atoms with van der Waals surface area (Å²) in [6, 6.07) is 5.36. The van der Waals surface area contributed by atoms with Crippen molar-refractivity contribution in [3.05, 3.63) is 49.6 Å². The van der Waals surface area contributed by atoms with Gasteiger partial charge in [0.05, 0.1) is 11.4 Å². The molecule has 0 spiro atoms. The molecule has 6 nitrogen and oxygen atoms in total. The van der Waals surface area contributed by atoms with Crippen molar-refractivity contribution in [3.63, 3.8) is 0 Å².